The molecule has 0 saturated heterocycles. The van der Waals surface area contributed by atoms with Crippen LogP contribution in [0.1, 0.15) is 56.5 Å². The molecule has 30 heavy (non-hydrogen) atoms. The van der Waals surface area contributed by atoms with E-state index in [2.05, 4.69) is 0 Å². The molecule has 156 valence electrons. The number of benzene rings is 1. The molecule has 0 saturated carbocycles. The van der Waals surface area contributed by atoms with Crippen LogP contribution in [0.3, 0.4) is 0 Å². The third kappa shape index (κ3) is 3.67. The van der Waals surface area contributed by atoms with Crippen LogP contribution < -0.4 is 4.74 Å². The number of hydrogen-bond acceptors (Lipinski definition) is 5. The minimum Gasteiger partial charge on any atom is -0.506 e. The molecule has 0 spiro atoms. The molecule has 0 aromatic heterocycles. The van der Waals surface area contributed by atoms with E-state index >= 15 is 0 Å². The van der Waals surface area contributed by atoms with Gasteiger partial charge in [0.1, 0.15) is 23.7 Å². The van der Waals surface area contributed by atoms with E-state index in [1.54, 1.807) is 19.1 Å². The number of fused-ring (bicyclic) bond motifs is 3. The van der Waals surface area contributed by atoms with Crippen LogP contribution >= 0.6 is 0 Å². The quantitative estimate of drug-likeness (QED) is 0.437. The Hall–Kier alpha value is -3.21. The maximum atomic E-state index is 13.8. The molecule has 5 heteroatoms. The zero-order valence-electron chi connectivity index (χ0n) is 17.7. The summed E-state index contributed by atoms with van der Waals surface area (Å²) in [4.78, 5) is 38.3. The average Bonchev–Trinajstić information content (AvgIpc) is 2.71. The number of ketones is 2. The Labute approximate surface area is 176 Å². The first-order valence-corrected chi connectivity index (χ1v) is 9.92. The lowest BCUT2D eigenvalue weighted by molar-refractivity contribution is -0.126. The standard InChI is InChI=1S/C25H26O5/c1-15(2)8-10-25-11-9-16(3)14-30-20-7-5-6-18(13-26)21(20)23(28)22(24(25)29)19(27)12-17(25)4/h5-9,12-13,28H,10-11,14H2,1-4H3/b16-9-,23-22+/t25-/m0/s1. The second-order valence-electron chi connectivity index (χ2n) is 8.19. The number of aliphatic hydroxyl groups excluding tert-OH is 1. The van der Waals surface area contributed by atoms with Gasteiger partial charge in [0.25, 0.3) is 0 Å². The van der Waals surface area contributed by atoms with E-state index in [0.29, 0.717) is 24.7 Å². The molecule has 0 fully saturated rings. The highest BCUT2D eigenvalue weighted by Crippen LogP contribution is 2.45. The molecule has 3 rings (SSSR count). The van der Waals surface area contributed by atoms with Gasteiger partial charge in [0, 0.05) is 5.56 Å². The number of rotatable bonds is 3. The smallest absolute Gasteiger partial charge is 0.193 e. The molecule has 1 N–H and O–H groups in total. The third-order valence-electron chi connectivity index (χ3n) is 5.78. The second kappa shape index (κ2) is 8.27. The molecule has 2 bridgehead atoms. The van der Waals surface area contributed by atoms with Crippen molar-refractivity contribution in [1.82, 2.24) is 0 Å². The Kier molecular flexibility index (Phi) is 5.92. The van der Waals surface area contributed by atoms with Gasteiger partial charge in [-0.1, -0.05) is 35.4 Å². The fraction of sp³-hybridized carbons (Fsp3) is 0.320. The Morgan fingerprint density at radius 1 is 1.23 bits per heavy atom. The molecule has 1 aromatic carbocycles. The van der Waals surface area contributed by atoms with Crippen LogP contribution in [0.25, 0.3) is 5.76 Å². The normalized spacial score (nSPS) is 25.7. The fourth-order valence-electron chi connectivity index (χ4n) is 3.87. The number of aldehydes is 1. The topological polar surface area (TPSA) is 80.7 Å². The van der Waals surface area contributed by atoms with Crippen molar-refractivity contribution in [3.05, 3.63) is 69.8 Å². The summed E-state index contributed by atoms with van der Waals surface area (Å²) in [5.74, 6) is -1.25. The molecule has 2 aliphatic rings. The van der Waals surface area contributed by atoms with Crippen molar-refractivity contribution < 1.29 is 24.2 Å². The van der Waals surface area contributed by atoms with Gasteiger partial charge in [0.15, 0.2) is 17.9 Å². The van der Waals surface area contributed by atoms with Crippen molar-refractivity contribution in [2.75, 3.05) is 6.61 Å². The summed E-state index contributed by atoms with van der Waals surface area (Å²) < 4.78 is 5.85. The zero-order chi connectivity index (χ0) is 22.1. The number of ether oxygens (including phenoxy) is 1. The molecule has 1 aromatic rings. The summed E-state index contributed by atoms with van der Waals surface area (Å²) in [5, 5.41) is 11.1. The molecule has 1 heterocycles. The van der Waals surface area contributed by atoms with E-state index < -0.39 is 22.7 Å². The highest BCUT2D eigenvalue weighted by atomic mass is 16.5. The molecule has 0 unspecified atom stereocenters. The molecule has 1 aliphatic carbocycles. The Morgan fingerprint density at radius 3 is 2.63 bits per heavy atom. The summed E-state index contributed by atoms with van der Waals surface area (Å²) in [6, 6.07) is 4.76. The predicted molar refractivity (Wildman–Crippen MR) is 115 cm³/mol. The van der Waals surface area contributed by atoms with Gasteiger partial charge < -0.3 is 9.84 Å². The van der Waals surface area contributed by atoms with Crippen molar-refractivity contribution in [2.45, 2.75) is 40.5 Å². The summed E-state index contributed by atoms with van der Waals surface area (Å²) in [6.45, 7) is 7.83. The lowest BCUT2D eigenvalue weighted by atomic mass is 9.65. The molecule has 5 nitrogen and oxygen atoms in total. The molecular weight excluding hydrogens is 380 g/mol. The molecule has 0 radical (unpaired) electrons. The van der Waals surface area contributed by atoms with Crippen LogP contribution in [0.2, 0.25) is 0 Å². The van der Waals surface area contributed by atoms with Crippen molar-refractivity contribution in [3.8, 4) is 5.75 Å². The molecule has 0 amide bonds. The van der Waals surface area contributed by atoms with Crippen LogP contribution in [0.15, 0.2) is 58.7 Å². The highest BCUT2D eigenvalue weighted by Gasteiger charge is 2.46. The number of carbonyl (C=O) groups is 3. The minimum atomic E-state index is -0.976. The van der Waals surface area contributed by atoms with Gasteiger partial charge in [-0.05, 0) is 58.3 Å². The summed E-state index contributed by atoms with van der Waals surface area (Å²) >= 11 is 0. The SMILES string of the molecule is CC(C)=CC[C@]12C/C=C(/C)COc3cccc(C=O)c3/C(O)=C(/C(=O)C=C1C)C2=O. The van der Waals surface area contributed by atoms with Gasteiger partial charge in [0.05, 0.1) is 11.0 Å². The molecular formula is C25H26O5. The largest absolute Gasteiger partial charge is 0.506 e. The van der Waals surface area contributed by atoms with E-state index in [0.717, 1.165) is 11.1 Å². The van der Waals surface area contributed by atoms with Crippen LogP contribution in [-0.4, -0.2) is 29.6 Å². The highest BCUT2D eigenvalue weighted by molar-refractivity contribution is 6.32. The summed E-state index contributed by atoms with van der Waals surface area (Å²) in [5.41, 5.74) is 1.59. The van der Waals surface area contributed by atoms with Crippen LogP contribution in [0.4, 0.5) is 0 Å². The Balaban J connectivity index is 2.38. The Morgan fingerprint density at radius 2 is 1.97 bits per heavy atom. The van der Waals surface area contributed by atoms with E-state index in [-0.39, 0.29) is 29.1 Å². The van der Waals surface area contributed by atoms with Crippen LogP contribution in [-0.2, 0) is 9.59 Å². The maximum Gasteiger partial charge on any atom is 0.193 e. The fourth-order valence-corrected chi connectivity index (χ4v) is 3.87. The first-order chi connectivity index (χ1) is 14.2. The monoisotopic (exact) mass is 406 g/mol. The van der Waals surface area contributed by atoms with Crippen molar-refractivity contribution in [3.63, 3.8) is 0 Å². The van der Waals surface area contributed by atoms with Gasteiger partial charge in [0.2, 0.25) is 0 Å². The third-order valence-corrected chi connectivity index (χ3v) is 5.78. The Bertz CT molecular complexity index is 1050. The first kappa shape index (κ1) is 21.5. The van der Waals surface area contributed by atoms with Crippen LogP contribution in [0.5, 0.6) is 5.75 Å². The van der Waals surface area contributed by atoms with Crippen LogP contribution in [0, 0.1) is 5.41 Å². The summed E-state index contributed by atoms with van der Waals surface area (Å²) in [6.07, 6.45) is 6.73. The van der Waals surface area contributed by atoms with Gasteiger partial charge in [-0.25, -0.2) is 0 Å². The molecule has 1 atom stereocenters. The second-order valence-corrected chi connectivity index (χ2v) is 8.19. The summed E-state index contributed by atoms with van der Waals surface area (Å²) in [7, 11) is 0. The lowest BCUT2D eigenvalue weighted by Gasteiger charge is -2.35. The number of aliphatic hydroxyl groups is 1. The zero-order valence-corrected chi connectivity index (χ0v) is 17.7. The van der Waals surface area contributed by atoms with Crippen molar-refractivity contribution in [2.24, 2.45) is 5.41 Å². The average molecular weight is 406 g/mol. The van der Waals surface area contributed by atoms with E-state index in [9.17, 15) is 19.5 Å². The van der Waals surface area contributed by atoms with Gasteiger partial charge >= 0.3 is 0 Å². The number of Topliss-reactive ketones (excluding diaryl/α,β-unsaturated/α-hetero) is 1. The molecule has 1 aliphatic heterocycles. The van der Waals surface area contributed by atoms with E-state index in [4.69, 9.17) is 4.74 Å². The van der Waals surface area contributed by atoms with E-state index in [1.165, 1.54) is 12.1 Å². The first-order valence-electron chi connectivity index (χ1n) is 9.92. The van der Waals surface area contributed by atoms with Crippen molar-refractivity contribution >= 4 is 23.6 Å². The number of hydrogen-bond donors (Lipinski definition) is 1. The number of allylic oxidation sites excluding steroid dienone is 6. The number of carbonyl (C=O) groups excluding carboxylic acids is 3. The van der Waals surface area contributed by atoms with E-state index in [1.807, 2.05) is 32.9 Å². The van der Waals surface area contributed by atoms with Gasteiger partial charge in [-0.3, -0.25) is 14.4 Å². The predicted octanol–water partition coefficient (Wildman–Crippen LogP) is 4.94. The minimum absolute atomic E-state index is 0.0722. The van der Waals surface area contributed by atoms with Gasteiger partial charge in [-0.2, -0.15) is 0 Å². The van der Waals surface area contributed by atoms with Crippen molar-refractivity contribution in [1.29, 1.82) is 0 Å². The lowest BCUT2D eigenvalue weighted by Crippen LogP contribution is -2.39. The maximum absolute atomic E-state index is 13.8. The van der Waals surface area contributed by atoms with Gasteiger partial charge in [-0.15, -0.1) is 0 Å².